The fourth-order valence-electron chi connectivity index (χ4n) is 4.24. The minimum Gasteiger partial charge on any atom is -0.507 e. The van der Waals surface area contributed by atoms with Crippen molar-refractivity contribution < 1.29 is 28.9 Å². The first-order valence-electron chi connectivity index (χ1n) is 10.8. The van der Waals surface area contributed by atoms with Gasteiger partial charge < -0.3 is 24.2 Å². The lowest BCUT2D eigenvalue weighted by Crippen LogP contribution is -2.36. The molecular formula is C25H27NO6. The van der Waals surface area contributed by atoms with E-state index in [1.807, 2.05) is 19.1 Å². The van der Waals surface area contributed by atoms with Gasteiger partial charge in [-0.3, -0.25) is 9.59 Å². The van der Waals surface area contributed by atoms with Crippen LogP contribution < -0.4 is 9.47 Å². The molecule has 2 fully saturated rings. The molecule has 32 heavy (non-hydrogen) atoms. The minimum absolute atomic E-state index is 0.0716. The summed E-state index contributed by atoms with van der Waals surface area (Å²) in [7, 11) is 1.55. The number of aliphatic hydroxyl groups excluding tert-OH is 1. The molecule has 168 valence electrons. The van der Waals surface area contributed by atoms with Gasteiger partial charge in [0.2, 0.25) is 0 Å². The predicted molar refractivity (Wildman–Crippen MR) is 119 cm³/mol. The van der Waals surface area contributed by atoms with E-state index in [4.69, 9.17) is 14.2 Å². The quantitative estimate of drug-likeness (QED) is 0.404. The summed E-state index contributed by atoms with van der Waals surface area (Å²) in [6, 6.07) is 13.3. The first-order chi connectivity index (χ1) is 15.5. The number of likely N-dealkylation sites (tertiary alicyclic amines) is 1. The second-order valence-corrected chi connectivity index (χ2v) is 7.82. The lowest BCUT2D eigenvalue weighted by atomic mass is 9.95. The molecule has 0 aliphatic carbocycles. The molecule has 2 atom stereocenters. The van der Waals surface area contributed by atoms with Crippen molar-refractivity contribution in [2.24, 2.45) is 0 Å². The van der Waals surface area contributed by atoms with Crippen LogP contribution in [0.3, 0.4) is 0 Å². The lowest BCUT2D eigenvalue weighted by Gasteiger charge is -2.27. The molecule has 0 saturated carbocycles. The number of Topliss-reactive ketones (excluding diaryl/α,β-unsaturated/α-hetero) is 1. The number of ketones is 1. The van der Waals surface area contributed by atoms with Crippen LogP contribution in [0.1, 0.15) is 36.9 Å². The molecule has 7 heteroatoms. The van der Waals surface area contributed by atoms with Crippen LogP contribution in [0.5, 0.6) is 11.5 Å². The number of hydrogen-bond donors (Lipinski definition) is 1. The van der Waals surface area contributed by atoms with Crippen LogP contribution in [0.15, 0.2) is 54.1 Å². The fourth-order valence-corrected chi connectivity index (χ4v) is 4.24. The number of amides is 1. The normalized spacial score (nSPS) is 22.4. The highest BCUT2D eigenvalue weighted by molar-refractivity contribution is 6.46. The Morgan fingerprint density at radius 3 is 2.38 bits per heavy atom. The standard InChI is InChI=1S/C25H27NO6/c1-3-31-19-12-6-16(7-13-19)22-21(23(27)17-8-10-18(30-2)11-9-17)24(28)25(29)26(22)15-20-5-4-14-32-20/h6-13,20,22,27H,3-5,14-15H2,1-2H3. The lowest BCUT2D eigenvalue weighted by molar-refractivity contribution is -0.140. The molecule has 2 unspecified atom stereocenters. The maximum absolute atomic E-state index is 13.1. The summed E-state index contributed by atoms with van der Waals surface area (Å²) in [5.74, 6) is -0.213. The van der Waals surface area contributed by atoms with Gasteiger partial charge in [-0.15, -0.1) is 0 Å². The van der Waals surface area contributed by atoms with E-state index >= 15 is 0 Å². The smallest absolute Gasteiger partial charge is 0.295 e. The largest absolute Gasteiger partial charge is 0.507 e. The Morgan fingerprint density at radius 2 is 1.78 bits per heavy atom. The summed E-state index contributed by atoms with van der Waals surface area (Å²) in [5, 5.41) is 11.1. The van der Waals surface area contributed by atoms with Gasteiger partial charge in [-0.05, 0) is 61.7 Å². The van der Waals surface area contributed by atoms with Gasteiger partial charge in [0.25, 0.3) is 11.7 Å². The Balaban J connectivity index is 1.77. The van der Waals surface area contributed by atoms with Gasteiger partial charge in [-0.1, -0.05) is 12.1 Å². The highest BCUT2D eigenvalue weighted by Gasteiger charge is 2.47. The van der Waals surface area contributed by atoms with Crippen LogP contribution in [-0.2, 0) is 14.3 Å². The summed E-state index contributed by atoms with van der Waals surface area (Å²) in [4.78, 5) is 27.6. The van der Waals surface area contributed by atoms with Gasteiger partial charge in [0.05, 0.1) is 31.4 Å². The number of aliphatic hydroxyl groups is 1. The molecule has 2 saturated heterocycles. The van der Waals surface area contributed by atoms with Gasteiger partial charge in [0.1, 0.15) is 17.3 Å². The number of rotatable bonds is 7. The fraction of sp³-hybridized carbons (Fsp3) is 0.360. The first kappa shape index (κ1) is 21.9. The second-order valence-electron chi connectivity index (χ2n) is 7.82. The van der Waals surface area contributed by atoms with E-state index in [-0.39, 0.29) is 17.4 Å². The van der Waals surface area contributed by atoms with Crippen molar-refractivity contribution in [3.8, 4) is 11.5 Å². The van der Waals surface area contributed by atoms with Crippen molar-refractivity contribution in [3.05, 3.63) is 65.2 Å². The van der Waals surface area contributed by atoms with E-state index < -0.39 is 17.7 Å². The number of carbonyl (C=O) groups is 2. The first-order valence-corrected chi connectivity index (χ1v) is 10.8. The number of benzene rings is 2. The maximum Gasteiger partial charge on any atom is 0.295 e. The summed E-state index contributed by atoms with van der Waals surface area (Å²) < 4.78 is 16.4. The summed E-state index contributed by atoms with van der Waals surface area (Å²) in [6.07, 6.45) is 1.63. The van der Waals surface area contributed by atoms with E-state index in [0.29, 0.717) is 36.8 Å². The van der Waals surface area contributed by atoms with Gasteiger partial charge >= 0.3 is 0 Å². The molecule has 0 bridgehead atoms. The van der Waals surface area contributed by atoms with E-state index in [9.17, 15) is 14.7 Å². The van der Waals surface area contributed by atoms with Gasteiger partial charge in [-0.2, -0.15) is 0 Å². The van der Waals surface area contributed by atoms with Crippen molar-refractivity contribution in [2.75, 3.05) is 26.9 Å². The number of nitrogens with zero attached hydrogens (tertiary/aromatic N) is 1. The molecule has 1 amide bonds. The van der Waals surface area contributed by atoms with Gasteiger partial charge in [0, 0.05) is 18.7 Å². The number of methoxy groups -OCH3 is 1. The second kappa shape index (κ2) is 9.44. The van der Waals surface area contributed by atoms with Crippen LogP contribution >= 0.6 is 0 Å². The zero-order valence-electron chi connectivity index (χ0n) is 18.2. The number of ether oxygens (including phenoxy) is 3. The van der Waals surface area contributed by atoms with E-state index in [1.54, 1.807) is 43.5 Å². The average molecular weight is 437 g/mol. The van der Waals surface area contributed by atoms with Crippen LogP contribution in [0, 0.1) is 0 Å². The Morgan fingerprint density at radius 1 is 1.09 bits per heavy atom. The molecular weight excluding hydrogens is 410 g/mol. The third-order valence-electron chi connectivity index (χ3n) is 5.83. The summed E-state index contributed by atoms with van der Waals surface area (Å²) >= 11 is 0. The average Bonchev–Trinajstić information content (AvgIpc) is 3.42. The van der Waals surface area contributed by atoms with Crippen LogP contribution in [0.4, 0.5) is 0 Å². The molecule has 0 radical (unpaired) electrons. The molecule has 2 aromatic carbocycles. The van der Waals surface area contributed by atoms with E-state index in [2.05, 4.69) is 0 Å². The molecule has 0 aromatic heterocycles. The predicted octanol–water partition coefficient (Wildman–Crippen LogP) is 3.69. The Labute approximate surface area is 187 Å². The molecule has 2 aliphatic rings. The molecule has 2 heterocycles. The molecule has 2 aliphatic heterocycles. The molecule has 0 spiro atoms. The Bertz CT molecular complexity index is 1010. The molecule has 1 N–H and O–H groups in total. The highest BCUT2D eigenvalue weighted by Crippen LogP contribution is 2.40. The zero-order chi connectivity index (χ0) is 22.7. The van der Waals surface area contributed by atoms with Crippen LogP contribution in [-0.4, -0.2) is 54.7 Å². The maximum atomic E-state index is 13.1. The molecule has 7 nitrogen and oxygen atoms in total. The van der Waals surface area contributed by atoms with Gasteiger partial charge in [0.15, 0.2) is 0 Å². The van der Waals surface area contributed by atoms with Crippen molar-refractivity contribution in [1.29, 1.82) is 0 Å². The SMILES string of the molecule is CCOc1ccc(C2C(=C(O)c3ccc(OC)cc3)C(=O)C(=O)N2CC2CCCO2)cc1. The topological polar surface area (TPSA) is 85.3 Å². The van der Waals surface area contributed by atoms with Gasteiger partial charge in [-0.25, -0.2) is 0 Å². The third-order valence-corrected chi connectivity index (χ3v) is 5.83. The third kappa shape index (κ3) is 4.21. The summed E-state index contributed by atoms with van der Waals surface area (Å²) in [6.45, 7) is 3.38. The van der Waals surface area contributed by atoms with Crippen molar-refractivity contribution in [2.45, 2.75) is 31.9 Å². The van der Waals surface area contributed by atoms with Crippen molar-refractivity contribution in [1.82, 2.24) is 4.90 Å². The van der Waals surface area contributed by atoms with Crippen molar-refractivity contribution >= 4 is 17.4 Å². The minimum atomic E-state index is -0.711. The zero-order valence-corrected chi connectivity index (χ0v) is 18.2. The van der Waals surface area contributed by atoms with Crippen LogP contribution in [0.25, 0.3) is 5.76 Å². The Kier molecular flexibility index (Phi) is 6.46. The molecule has 2 aromatic rings. The van der Waals surface area contributed by atoms with Crippen molar-refractivity contribution in [3.63, 3.8) is 0 Å². The van der Waals surface area contributed by atoms with Crippen LogP contribution in [0.2, 0.25) is 0 Å². The highest BCUT2D eigenvalue weighted by atomic mass is 16.5. The molecule has 4 rings (SSSR count). The van der Waals surface area contributed by atoms with E-state index in [0.717, 1.165) is 18.4 Å². The van der Waals surface area contributed by atoms with E-state index in [1.165, 1.54) is 4.90 Å². The number of hydrogen-bond acceptors (Lipinski definition) is 6. The Hall–Kier alpha value is -3.32. The number of carbonyl (C=O) groups excluding carboxylic acids is 2. The summed E-state index contributed by atoms with van der Waals surface area (Å²) in [5.41, 5.74) is 1.24. The monoisotopic (exact) mass is 437 g/mol.